The summed E-state index contributed by atoms with van der Waals surface area (Å²) in [6.07, 6.45) is 3.90. The minimum Gasteiger partial charge on any atom is -0.368 e. The first-order valence-corrected chi connectivity index (χ1v) is 7.40. The molecule has 0 bridgehead atoms. The number of anilines is 1. The Kier molecular flexibility index (Phi) is 5.46. The predicted octanol–water partition coefficient (Wildman–Crippen LogP) is 1.54. The van der Waals surface area contributed by atoms with E-state index in [-0.39, 0.29) is 5.91 Å². The van der Waals surface area contributed by atoms with E-state index in [1.807, 2.05) is 39.1 Å². The van der Waals surface area contributed by atoms with E-state index in [9.17, 15) is 4.79 Å². The van der Waals surface area contributed by atoms with Crippen molar-refractivity contribution in [3.63, 3.8) is 0 Å². The van der Waals surface area contributed by atoms with E-state index >= 15 is 0 Å². The number of amides is 1. The highest BCUT2D eigenvalue weighted by atomic mass is 16.1. The van der Waals surface area contributed by atoms with Crippen LogP contribution in [0.1, 0.15) is 26.0 Å². The van der Waals surface area contributed by atoms with Gasteiger partial charge in [-0.15, -0.1) is 0 Å². The molecule has 2 aromatic heterocycles. The Hall–Kier alpha value is -2.44. The van der Waals surface area contributed by atoms with Gasteiger partial charge in [-0.05, 0) is 18.9 Å². The fraction of sp³-hybridized carbons (Fsp3) is 0.467. The van der Waals surface area contributed by atoms with E-state index in [1.165, 1.54) is 6.33 Å². The Labute approximate surface area is 130 Å². The van der Waals surface area contributed by atoms with Crippen LogP contribution in [0, 0.1) is 12.8 Å². The van der Waals surface area contributed by atoms with Crippen LogP contribution >= 0.6 is 0 Å². The lowest BCUT2D eigenvalue weighted by atomic mass is 10.1. The van der Waals surface area contributed by atoms with Crippen LogP contribution in [0.2, 0.25) is 0 Å². The number of hydrogen-bond acceptors (Lipinski definition) is 5. The third kappa shape index (κ3) is 4.83. The van der Waals surface area contributed by atoms with Crippen LogP contribution < -0.4 is 10.6 Å². The van der Waals surface area contributed by atoms with E-state index in [1.54, 1.807) is 4.68 Å². The van der Waals surface area contributed by atoms with Crippen molar-refractivity contribution in [3.8, 4) is 5.82 Å². The number of nitrogens with one attached hydrogen (secondary N) is 2. The molecule has 1 amide bonds. The maximum Gasteiger partial charge on any atom is 0.220 e. The molecule has 2 rings (SSSR count). The zero-order chi connectivity index (χ0) is 15.9. The lowest BCUT2D eigenvalue weighted by Crippen LogP contribution is -2.29. The van der Waals surface area contributed by atoms with Gasteiger partial charge in [-0.2, -0.15) is 5.10 Å². The number of carbonyl (C=O) groups excluding carboxylic acids is 1. The monoisotopic (exact) mass is 302 g/mol. The lowest BCUT2D eigenvalue weighted by Gasteiger charge is -2.09. The number of aryl methyl sites for hydroxylation is 1. The summed E-state index contributed by atoms with van der Waals surface area (Å²) in [5, 5.41) is 10.3. The molecule has 0 saturated carbocycles. The quantitative estimate of drug-likeness (QED) is 0.758. The molecule has 2 N–H and O–H groups in total. The predicted molar refractivity (Wildman–Crippen MR) is 84.8 cm³/mol. The molecule has 0 atom stereocenters. The summed E-state index contributed by atoms with van der Waals surface area (Å²) in [5.74, 6) is 1.85. The van der Waals surface area contributed by atoms with Crippen LogP contribution in [0.5, 0.6) is 0 Å². The molecule has 0 aliphatic carbocycles. The highest BCUT2D eigenvalue weighted by molar-refractivity contribution is 5.76. The fourth-order valence-corrected chi connectivity index (χ4v) is 1.95. The van der Waals surface area contributed by atoms with Crippen molar-refractivity contribution in [1.82, 2.24) is 25.1 Å². The average molecular weight is 302 g/mol. The third-order valence-corrected chi connectivity index (χ3v) is 2.96. The van der Waals surface area contributed by atoms with Gasteiger partial charge in [0.25, 0.3) is 0 Å². The maximum absolute atomic E-state index is 11.5. The molecular formula is C15H22N6O. The van der Waals surface area contributed by atoms with Gasteiger partial charge in [0.15, 0.2) is 5.82 Å². The lowest BCUT2D eigenvalue weighted by molar-refractivity contribution is -0.121. The number of rotatable bonds is 7. The highest BCUT2D eigenvalue weighted by Crippen LogP contribution is 2.08. The molecule has 2 heterocycles. The van der Waals surface area contributed by atoms with Gasteiger partial charge in [0.2, 0.25) is 5.91 Å². The standard InChI is InChI=1S/C15H22N6O/c1-11(2)8-15(22)17-6-5-16-13-9-14(19-10-18-13)21-7-4-12(3)20-21/h4,7,9-11H,5-6,8H2,1-3H3,(H,17,22)(H,16,18,19). The van der Waals surface area contributed by atoms with E-state index in [0.717, 1.165) is 5.69 Å². The molecule has 0 saturated heterocycles. The molecule has 0 aromatic carbocycles. The summed E-state index contributed by atoms with van der Waals surface area (Å²) in [4.78, 5) is 19.9. The topological polar surface area (TPSA) is 84.7 Å². The molecular weight excluding hydrogens is 280 g/mol. The average Bonchev–Trinajstić information content (AvgIpc) is 2.90. The number of carbonyl (C=O) groups is 1. The summed E-state index contributed by atoms with van der Waals surface area (Å²) < 4.78 is 1.70. The molecule has 0 aliphatic rings. The Morgan fingerprint density at radius 3 is 2.82 bits per heavy atom. The minimum atomic E-state index is 0.0761. The second-order valence-electron chi connectivity index (χ2n) is 5.54. The fourth-order valence-electron chi connectivity index (χ4n) is 1.95. The van der Waals surface area contributed by atoms with Crippen molar-refractivity contribution >= 4 is 11.7 Å². The second-order valence-corrected chi connectivity index (χ2v) is 5.54. The van der Waals surface area contributed by atoms with Gasteiger partial charge >= 0.3 is 0 Å². The minimum absolute atomic E-state index is 0.0761. The van der Waals surface area contributed by atoms with E-state index < -0.39 is 0 Å². The molecule has 0 unspecified atom stereocenters. The van der Waals surface area contributed by atoms with Crippen molar-refractivity contribution in [2.75, 3.05) is 18.4 Å². The van der Waals surface area contributed by atoms with Crippen molar-refractivity contribution in [2.45, 2.75) is 27.2 Å². The molecule has 2 aromatic rings. The molecule has 7 nitrogen and oxygen atoms in total. The smallest absolute Gasteiger partial charge is 0.220 e. The van der Waals surface area contributed by atoms with Crippen molar-refractivity contribution in [2.24, 2.45) is 5.92 Å². The van der Waals surface area contributed by atoms with Crippen LogP contribution in [-0.4, -0.2) is 38.7 Å². The van der Waals surface area contributed by atoms with Gasteiger partial charge in [-0.1, -0.05) is 13.8 Å². The van der Waals surface area contributed by atoms with Gasteiger partial charge in [-0.3, -0.25) is 4.79 Å². The van der Waals surface area contributed by atoms with E-state index in [0.29, 0.717) is 37.1 Å². The van der Waals surface area contributed by atoms with E-state index in [4.69, 9.17) is 0 Å². The summed E-state index contributed by atoms with van der Waals surface area (Å²) in [5.41, 5.74) is 0.931. The van der Waals surface area contributed by atoms with Crippen molar-refractivity contribution in [3.05, 3.63) is 30.4 Å². The van der Waals surface area contributed by atoms with Gasteiger partial charge in [0, 0.05) is 31.8 Å². The zero-order valence-corrected chi connectivity index (χ0v) is 13.2. The maximum atomic E-state index is 11.5. The van der Waals surface area contributed by atoms with Crippen LogP contribution in [-0.2, 0) is 4.79 Å². The molecule has 0 radical (unpaired) electrons. The normalized spacial score (nSPS) is 10.7. The van der Waals surface area contributed by atoms with Crippen LogP contribution in [0.15, 0.2) is 24.7 Å². The SMILES string of the molecule is Cc1ccn(-c2cc(NCCNC(=O)CC(C)C)ncn2)n1. The Morgan fingerprint density at radius 1 is 1.32 bits per heavy atom. The van der Waals surface area contributed by atoms with Crippen LogP contribution in [0.3, 0.4) is 0 Å². The molecule has 22 heavy (non-hydrogen) atoms. The number of nitrogens with zero attached hydrogens (tertiary/aromatic N) is 4. The van der Waals surface area contributed by atoms with Gasteiger partial charge < -0.3 is 10.6 Å². The Morgan fingerprint density at radius 2 is 2.14 bits per heavy atom. The third-order valence-electron chi connectivity index (χ3n) is 2.96. The molecule has 0 aliphatic heterocycles. The second kappa shape index (κ2) is 7.53. The largest absolute Gasteiger partial charge is 0.368 e. The Bertz CT molecular complexity index is 622. The molecule has 7 heteroatoms. The van der Waals surface area contributed by atoms with Gasteiger partial charge in [-0.25, -0.2) is 14.6 Å². The highest BCUT2D eigenvalue weighted by Gasteiger charge is 2.04. The summed E-state index contributed by atoms with van der Waals surface area (Å²) in [6, 6.07) is 3.74. The molecule has 0 fully saturated rings. The van der Waals surface area contributed by atoms with Gasteiger partial charge in [0.1, 0.15) is 12.1 Å². The van der Waals surface area contributed by atoms with Crippen LogP contribution in [0.4, 0.5) is 5.82 Å². The van der Waals surface area contributed by atoms with Crippen molar-refractivity contribution in [1.29, 1.82) is 0 Å². The van der Waals surface area contributed by atoms with Crippen molar-refractivity contribution < 1.29 is 4.79 Å². The zero-order valence-electron chi connectivity index (χ0n) is 13.2. The van der Waals surface area contributed by atoms with E-state index in [2.05, 4.69) is 25.7 Å². The van der Waals surface area contributed by atoms with Gasteiger partial charge in [0.05, 0.1) is 5.69 Å². The van der Waals surface area contributed by atoms with Crippen LogP contribution in [0.25, 0.3) is 5.82 Å². The number of aromatic nitrogens is 4. The summed E-state index contributed by atoms with van der Waals surface area (Å²) >= 11 is 0. The Balaban J connectivity index is 1.82. The first kappa shape index (κ1) is 15.9. The first-order chi connectivity index (χ1) is 10.5. The number of hydrogen-bond donors (Lipinski definition) is 2. The molecule has 118 valence electrons. The molecule has 0 spiro atoms. The summed E-state index contributed by atoms with van der Waals surface area (Å²) in [7, 11) is 0. The first-order valence-electron chi connectivity index (χ1n) is 7.40. The summed E-state index contributed by atoms with van der Waals surface area (Å²) in [6.45, 7) is 7.15.